The Balaban J connectivity index is 1.64. The normalized spacial score (nSPS) is 10.7. The number of ether oxygens (including phenoxy) is 1. The van der Waals surface area contributed by atoms with Crippen molar-refractivity contribution in [3.05, 3.63) is 99.5 Å². The molecule has 0 heterocycles. The fraction of sp³-hybridized carbons (Fsp3) is 0.0476. The number of hydrogen-bond acceptors (Lipinski definition) is 3. The topological polar surface area (TPSA) is 50.7 Å². The Morgan fingerprint density at radius 3 is 2.19 bits per heavy atom. The summed E-state index contributed by atoms with van der Waals surface area (Å²) in [7, 11) is 0. The van der Waals surface area contributed by atoms with Crippen molar-refractivity contribution in [2.24, 2.45) is 5.10 Å². The third-order valence-electron chi connectivity index (χ3n) is 3.66. The first-order chi connectivity index (χ1) is 13.1. The molecule has 3 aromatic rings. The lowest BCUT2D eigenvalue weighted by Gasteiger charge is -2.11. The molecule has 6 heteroatoms. The number of hydrazone groups is 1. The second-order valence-corrected chi connectivity index (χ2v) is 6.47. The van der Waals surface area contributed by atoms with Crippen molar-refractivity contribution in [1.29, 1.82) is 0 Å². The van der Waals surface area contributed by atoms with Crippen molar-refractivity contribution in [2.75, 3.05) is 0 Å². The van der Waals surface area contributed by atoms with E-state index in [1.165, 1.54) is 6.21 Å². The van der Waals surface area contributed by atoms with Gasteiger partial charge in [-0.3, -0.25) is 4.79 Å². The van der Waals surface area contributed by atoms with Crippen LogP contribution in [0.4, 0.5) is 0 Å². The van der Waals surface area contributed by atoms with E-state index >= 15 is 0 Å². The van der Waals surface area contributed by atoms with Crippen LogP contribution in [0.1, 0.15) is 21.5 Å². The first-order valence-electron chi connectivity index (χ1n) is 8.17. The van der Waals surface area contributed by atoms with Crippen molar-refractivity contribution in [3.63, 3.8) is 0 Å². The molecule has 0 aliphatic carbocycles. The van der Waals surface area contributed by atoms with E-state index in [9.17, 15) is 4.79 Å². The maximum Gasteiger partial charge on any atom is 0.271 e. The standard InChI is InChI=1S/C21H16Cl2N2O2/c22-18-11-16(13-24-25-21(26)17-9-5-2-6-10-17)12-19(23)20(18)27-14-15-7-3-1-4-8-15/h1-13H,14H2,(H,25,26)/b24-13-. The van der Waals surface area contributed by atoms with E-state index in [0.717, 1.165) is 5.56 Å². The molecule has 0 aliphatic rings. The van der Waals surface area contributed by atoms with Gasteiger partial charge in [0, 0.05) is 5.56 Å². The Morgan fingerprint density at radius 2 is 1.56 bits per heavy atom. The highest BCUT2D eigenvalue weighted by molar-refractivity contribution is 6.37. The van der Waals surface area contributed by atoms with Crippen LogP contribution in [0, 0.1) is 0 Å². The number of nitrogens with one attached hydrogen (secondary N) is 1. The largest absolute Gasteiger partial charge is 0.486 e. The van der Waals surface area contributed by atoms with E-state index in [-0.39, 0.29) is 5.91 Å². The van der Waals surface area contributed by atoms with Crippen molar-refractivity contribution in [3.8, 4) is 5.75 Å². The second kappa shape index (κ2) is 9.21. The van der Waals surface area contributed by atoms with Gasteiger partial charge in [-0.2, -0.15) is 5.10 Å². The van der Waals surface area contributed by atoms with Gasteiger partial charge in [-0.25, -0.2) is 5.43 Å². The lowest BCUT2D eigenvalue weighted by atomic mass is 10.2. The van der Waals surface area contributed by atoms with E-state index < -0.39 is 0 Å². The molecule has 0 saturated heterocycles. The molecule has 0 aliphatic heterocycles. The average molecular weight is 399 g/mol. The minimum atomic E-state index is -0.299. The summed E-state index contributed by atoms with van der Waals surface area (Å²) in [5.74, 6) is 0.111. The monoisotopic (exact) mass is 398 g/mol. The van der Waals surface area contributed by atoms with Gasteiger partial charge in [0.1, 0.15) is 6.61 Å². The predicted molar refractivity (Wildman–Crippen MR) is 109 cm³/mol. The SMILES string of the molecule is O=C(N/N=C\c1cc(Cl)c(OCc2ccccc2)c(Cl)c1)c1ccccc1. The van der Waals surface area contributed by atoms with Crippen LogP contribution in [0.25, 0.3) is 0 Å². The molecule has 0 radical (unpaired) electrons. The highest BCUT2D eigenvalue weighted by Crippen LogP contribution is 2.34. The molecule has 0 aromatic heterocycles. The molecule has 3 rings (SSSR count). The molecule has 136 valence electrons. The lowest BCUT2D eigenvalue weighted by Crippen LogP contribution is -2.17. The average Bonchev–Trinajstić information content (AvgIpc) is 2.69. The highest BCUT2D eigenvalue weighted by Gasteiger charge is 2.10. The van der Waals surface area contributed by atoms with Crippen LogP contribution in [0.2, 0.25) is 10.0 Å². The molecule has 27 heavy (non-hydrogen) atoms. The molecule has 0 bridgehead atoms. The summed E-state index contributed by atoms with van der Waals surface area (Å²) >= 11 is 12.6. The van der Waals surface area contributed by atoms with Crippen LogP contribution >= 0.6 is 23.2 Å². The number of carbonyl (C=O) groups excluding carboxylic acids is 1. The number of hydrogen-bond donors (Lipinski definition) is 1. The van der Waals surface area contributed by atoms with Crippen molar-refractivity contribution < 1.29 is 9.53 Å². The van der Waals surface area contributed by atoms with E-state index in [1.54, 1.807) is 36.4 Å². The fourth-order valence-corrected chi connectivity index (χ4v) is 2.95. The first kappa shape index (κ1) is 19.0. The third kappa shape index (κ3) is 5.33. The smallest absolute Gasteiger partial charge is 0.271 e. The van der Waals surface area contributed by atoms with Gasteiger partial charge in [-0.05, 0) is 35.4 Å². The van der Waals surface area contributed by atoms with Crippen LogP contribution < -0.4 is 10.2 Å². The van der Waals surface area contributed by atoms with Crippen LogP contribution in [0.5, 0.6) is 5.75 Å². The van der Waals surface area contributed by atoms with E-state index in [1.807, 2.05) is 36.4 Å². The van der Waals surface area contributed by atoms with Crippen molar-refractivity contribution >= 4 is 35.3 Å². The number of nitrogens with zero attached hydrogens (tertiary/aromatic N) is 1. The summed E-state index contributed by atoms with van der Waals surface area (Å²) in [6.07, 6.45) is 1.47. The minimum Gasteiger partial charge on any atom is -0.486 e. The number of halogens is 2. The zero-order valence-electron chi connectivity index (χ0n) is 14.2. The Bertz CT molecular complexity index is 922. The summed E-state index contributed by atoms with van der Waals surface area (Å²) in [5.41, 5.74) is 4.64. The van der Waals surface area contributed by atoms with Gasteiger partial charge in [-0.15, -0.1) is 0 Å². The van der Waals surface area contributed by atoms with Gasteiger partial charge in [0.15, 0.2) is 5.75 Å². The Morgan fingerprint density at radius 1 is 0.963 bits per heavy atom. The number of carbonyl (C=O) groups is 1. The molecule has 0 unspecified atom stereocenters. The van der Waals surface area contributed by atoms with Gasteiger partial charge >= 0.3 is 0 Å². The fourth-order valence-electron chi connectivity index (χ4n) is 2.34. The molecule has 0 saturated carbocycles. The van der Waals surface area contributed by atoms with E-state index in [2.05, 4.69) is 10.5 Å². The molecule has 1 N–H and O–H groups in total. The van der Waals surface area contributed by atoms with Gasteiger partial charge in [0.05, 0.1) is 16.3 Å². The number of benzene rings is 3. The summed E-state index contributed by atoms with van der Waals surface area (Å²) in [6.45, 7) is 0.362. The third-order valence-corrected chi connectivity index (χ3v) is 4.22. The molecular formula is C21H16Cl2N2O2. The highest BCUT2D eigenvalue weighted by atomic mass is 35.5. The zero-order valence-corrected chi connectivity index (χ0v) is 15.7. The van der Waals surface area contributed by atoms with Crippen molar-refractivity contribution in [1.82, 2.24) is 5.43 Å². The van der Waals surface area contributed by atoms with Gasteiger partial charge in [0.25, 0.3) is 5.91 Å². The maximum atomic E-state index is 11.9. The molecule has 0 fully saturated rings. The summed E-state index contributed by atoms with van der Waals surface area (Å²) in [6, 6.07) is 21.9. The van der Waals surface area contributed by atoms with E-state index in [4.69, 9.17) is 27.9 Å². The Hall–Kier alpha value is -2.82. The second-order valence-electron chi connectivity index (χ2n) is 5.65. The summed E-state index contributed by atoms with van der Waals surface area (Å²) in [5, 5.41) is 4.68. The van der Waals surface area contributed by atoms with Crippen LogP contribution in [0.15, 0.2) is 77.9 Å². The maximum absolute atomic E-state index is 11.9. The minimum absolute atomic E-state index is 0.299. The van der Waals surface area contributed by atoms with Crippen molar-refractivity contribution in [2.45, 2.75) is 6.61 Å². The van der Waals surface area contributed by atoms with Crippen LogP contribution in [-0.2, 0) is 6.61 Å². The Labute approximate surface area is 167 Å². The van der Waals surface area contributed by atoms with Gasteiger partial charge in [0.2, 0.25) is 0 Å². The quantitative estimate of drug-likeness (QED) is 0.450. The zero-order chi connectivity index (χ0) is 19.1. The summed E-state index contributed by atoms with van der Waals surface area (Å²) < 4.78 is 5.73. The number of rotatable bonds is 6. The van der Waals surface area contributed by atoms with Gasteiger partial charge in [-0.1, -0.05) is 71.7 Å². The predicted octanol–water partition coefficient (Wildman–Crippen LogP) is 5.34. The Kier molecular flexibility index (Phi) is 6.47. The lowest BCUT2D eigenvalue weighted by molar-refractivity contribution is 0.0955. The van der Waals surface area contributed by atoms with Gasteiger partial charge < -0.3 is 4.74 Å². The summed E-state index contributed by atoms with van der Waals surface area (Å²) in [4.78, 5) is 11.9. The molecule has 0 spiro atoms. The van der Waals surface area contributed by atoms with Crippen LogP contribution in [0.3, 0.4) is 0 Å². The molecule has 3 aromatic carbocycles. The molecule has 1 amide bonds. The molecule has 4 nitrogen and oxygen atoms in total. The first-order valence-corrected chi connectivity index (χ1v) is 8.93. The molecular weight excluding hydrogens is 383 g/mol. The number of amides is 1. The van der Waals surface area contributed by atoms with E-state index in [0.29, 0.717) is 33.5 Å². The molecule has 0 atom stereocenters. The van der Waals surface area contributed by atoms with Crippen LogP contribution in [-0.4, -0.2) is 12.1 Å².